The zero-order valence-corrected chi connectivity index (χ0v) is 23.8. The van der Waals surface area contributed by atoms with Crippen molar-refractivity contribution in [2.75, 3.05) is 38.3 Å². The summed E-state index contributed by atoms with van der Waals surface area (Å²) >= 11 is 16.6. The van der Waals surface area contributed by atoms with Crippen molar-refractivity contribution >= 4 is 70.2 Å². The van der Waals surface area contributed by atoms with Gasteiger partial charge in [0, 0.05) is 30.3 Å². The number of halogens is 3. The number of alkyl halides is 3. The number of aliphatic imine (C=N–C) groups is 1. The molecule has 0 aliphatic carbocycles. The predicted molar refractivity (Wildman–Crippen MR) is 152 cm³/mol. The molecule has 0 radical (unpaired) electrons. The van der Waals surface area contributed by atoms with Gasteiger partial charge in [0.1, 0.15) is 19.0 Å². The van der Waals surface area contributed by atoms with Crippen LogP contribution in [-0.4, -0.2) is 71.8 Å². The maximum Gasteiger partial charge on any atom is 0.435 e. The number of esters is 1. The van der Waals surface area contributed by atoms with E-state index in [0.29, 0.717) is 27.9 Å². The molecule has 0 aromatic heterocycles. The first kappa shape index (κ1) is 30.8. The molecule has 0 saturated heterocycles. The van der Waals surface area contributed by atoms with E-state index >= 15 is 0 Å². The molecular formula is C27H25Cl3N4O6. The maximum atomic E-state index is 13.3. The minimum Gasteiger partial charge on any atom is -0.466 e. The summed E-state index contributed by atoms with van der Waals surface area (Å²) in [6.07, 6.45) is -1.02. The molecule has 1 aliphatic heterocycles. The fourth-order valence-corrected chi connectivity index (χ4v) is 3.73. The van der Waals surface area contributed by atoms with E-state index in [4.69, 9.17) is 50.0 Å². The van der Waals surface area contributed by atoms with Gasteiger partial charge in [0.05, 0.1) is 24.3 Å². The Balaban J connectivity index is 1.76. The van der Waals surface area contributed by atoms with Crippen LogP contribution in [0, 0.1) is 11.8 Å². The summed E-state index contributed by atoms with van der Waals surface area (Å²) in [5, 5.41) is 0. The summed E-state index contributed by atoms with van der Waals surface area (Å²) in [5.41, 5.74) is 8.21. The lowest BCUT2D eigenvalue weighted by Crippen LogP contribution is -2.39. The van der Waals surface area contributed by atoms with E-state index in [1.807, 2.05) is 0 Å². The fraction of sp³-hybridized carbons (Fsp3) is 0.296. The van der Waals surface area contributed by atoms with E-state index in [9.17, 15) is 19.2 Å². The SMILES string of the molecule is CCOC(=O)CCN1CC(=O)N(C)c2ccc(C#Cc3ccc(/C(N)=N/C(=O)OCC(Cl)(Cl)Cl)cc3)cc2C1=O. The van der Waals surface area contributed by atoms with E-state index in [-0.39, 0.29) is 43.8 Å². The summed E-state index contributed by atoms with van der Waals surface area (Å²) in [4.78, 5) is 55.8. The van der Waals surface area contributed by atoms with Crippen molar-refractivity contribution in [1.82, 2.24) is 4.90 Å². The van der Waals surface area contributed by atoms with Crippen LogP contribution in [0.25, 0.3) is 0 Å². The third-order valence-electron chi connectivity index (χ3n) is 5.57. The van der Waals surface area contributed by atoms with Gasteiger partial charge in [-0.2, -0.15) is 4.99 Å². The molecule has 0 bridgehead atoms. The van der Waals surface area contributed by atoms with Gasteiger partial charge < -0.3 is 25.0 Å². The number of fused-ring (bicyclic) bond motifs is 1. The first-order valence-corrected chi connectivity index (χ1v) is 13.1. The Morgan fingerprint density at radius 1 is 1.05 bits per heavy atom. The highest BCUT2D eigenvalue weighted by Crippen LogP contribution is 2.27. The molecule has 2 aromatic carbocycles. The van der Waals surface area contributed by atoms with Crippen molar-refractivity contribution < 1.29 is 28.7 Å². The second-order valence-electron chi connectivity index (χ2n) is 8.46. The average molecular weight is 608 g/mol. The number of rotatable bonds is 6. The van der Waals surface area contributed by atoms with Crippen LogP contribution in [-0.2, 0) is 19.1 Å². The van der Waals surface area contributed by atoms with Crippen LogP contribution in [0.4, 0.5) is 10.5 Å². The molecule has 0 atom stereocenters. The Hall–Kier alpha value is -3.78. The molecule has 13 heteroatoms. The summed E-state index contributed by atoms with van der Waals surface area (Å²) in [6.45, 7) is 1.34. The van der Waals surface area contributed by atoms with Crippen molar-refractivity contribution in [2.45, 2.75) is 17.1 Å². The standard InChI is InChI=1S/C27H25Cl3N4O6/c1-3-39-23(36)12-13-34-15-22(35)33(2)21-11-8-18(14-20(21)25(34)37)5-4-17-6-9-19(10-7-17)24(31)32-26(38)40-16-27(28,29)30/h6-11,14H,3,12-13,15-16H2,1-2H3,(H2,31,32,38). The molecule has 10 nitrogen and oxygen atoms in total. The predicted octanol–water partition coefficient (Wildman–Crippen LogP) is 3.67. The number of likely N-dealkylation sites (N-methyl/N-ethyl adjacent to an activating group) is 1. The molecule has 1 heterocycles. The van der Waals surface area contributed by atoms with Crippen LogP contribution in [0.3, 0.4) is 0 Å². The Labute approximate surface area is 245 Å². The van der Waals surface area contributed by atoms with Gasteiger partial charge >= 0.3 is 12.1 Å². The highest BCUT2D eigenvalue weighted by atomic mass is 35.6. The number of ether oxygens (including phenoxy) is 2. The number of benzene rings is 2. The van der Waals surface area contributed by atoms with E-state index in [0.717, 1.165) is 0 Å². The zero-order valence-electron chi connectivity index (χ0n) is 21.6. The van der Waals surface area contributed by atoms with E-state index in [2.05, 4.69) is 16.8 Å². The number of carbonyl (C=O) groups excluding carboxylic acids is 4. The quantitative estimate of drug-likeness (QED) is 0.174. The van der Waals surface area contributed by atoms with Crippen molar-refractivity contribution in [3.63, 3.8) is 0 Å². The van der Waals surface area contributed by atoms with E-state index < -0.39 is 22.5 Å². The van der Waals surface area contributed by atoms with Crippen LogP contribution >= 0.6 is 34.8 Å². The number of hydrogen-bond donors (Lipinski definition) is 1. The molecule has 210 valence electrons. The maximum absolute atomic E-state index is 13.3. The Bertz CT molecular complexity index is 1390. The molecule has 1 aliphatic rings. The molecule has 0 saturated carbocycles. The fourth-order valence-electron chi connectivity index (χ4n) is 3.57. The Kier molecular flexibility index (Phi) is 10.4. The van der Waals surface area contributed by atoms with Crippen LogP contribution in [0.1, 0.15) is 40.4 Å². The average Bonchev–Trinajstić information content (AvgIpc) is 2.99. The van der Waals surface area contributed by atoms with Crippen molar-refractivity contribution in [3.8, 4) is 11.8 Å². The highest BCUT2D eigenvalue weighted by Gasteiger charge is 2.30. The highest BCUT2D eigenvalue weighted by molar-refractivity contribution is 6.67. The molecule has 2 N–H and O–H groups in total. The van der Waals surface area contributed by atoms with Gasteiger partial charge in [0.25, 0.3) is 5.91 Å². The molecule has 3 amide bonds. The molecule has 2 aromatic rings. The zero-order chi connectivity index (χ0) is 29.4. The number of anilines is 1. The second-order valence-corrected chi connectivity index (χ2v) is 11.0. The third kappa shape index (κ3) is 8.61. The summed E-state index contributed by atoms with van der Waals surface area (Å²) in [6, 6.07) is 11.6. The number of hydrogen-bond acceptors (Lipinski definition) is 6. The van der Waals surface area contributed by atoms with Crippen molar-refractivity contribution in [2.24, 2.45) is 10.7 Å². The lowest BCUT2D eigenvalue weighted by atomic mass is 10.1. The monoisotopic (exact) mass is 606 g/mol. The summed E-state index contributed by atoms with van der Waals surface area (Å²) < 4.78 is 7.89. The summed E-state index contributed by atoms with van der Waals surface area (Å²) in [5.74, 6) is 4.79. The minimum absolute atomic E-state index is 0.0211. The Morgan fingerprint density at radius 3 is 2.35 bits per heavy atom. The van der Waals surface area contributed by atoms with Crippen molar-refractivity contribution in [1.29, 1.82) is 0 Å². The number of nitrogens with zero attached hydrogens (tertiary/aromatic N) is 3. The van der Waals surface area contributed by atoms with Gasteiger partial charge in [0.2, 0.25) is 9.70 Å². The van der Waals surface area contributed by atoms with Gasteiger partial charge in [-0.15, -0.1) is 0 Å². The number of amides is 3. The van der Waals surface area contributed by atoms with Gasteiger partial charge in [-0.3, -0.25) is 14.4 Å². The van der Waals surface area contributed by atoms with Crippen LogP contribution < -0.4 is 10.6 Å². The van der Waals surface area contributed by atoms with Gasteiger partial charge in [-0.1, -0.05) is 58.8 Å². The molecule has 0 fully saturated rings. The lowest BCUT2D eigenvalue weighted by Gasteiger charge is -2.19. The normalized spacial score (nSPS) is 13.7. The largest absolute Gasteiger partial charge is 0.466 e. The van der Waals surface area contributed by atoms with E-state index in [1.165, 1.54) is 9.80 Å². The van der Waals surface area contributed by atoms with Gasteiger partial charge in [-0.05, 0) is 37.3 Å². The Morgan fingerprint density at radius 2 is 1.70 bits per heavy atom. The van der Waals surface area contributed by atoms with Crippen LogP contribution in [0.15, 0.2) is 47.5 Å². The van der Waals surface area contributed by atoms with Crippen LogP contribution in [0.5, 0.6) is 0 Å². The number of nitrogens with two attached hydrogens (primary N) is 1. The second kappa shape index (κ2) is 13.5. The molecule has 0 spiro atoms. The first-order valence-electron chi connectivity index (χ1n) is 11.9. The number of amidine groups is 1. The first-order chi connectivity index (χ1) is 18.9. The number of carbonyl (C=O) groups is 4. The lowest BCUT2D eigenvalue weighted by molar-refractivity contribution is -0.143. The van der Waals surface area contributed by atoms with Crippen LogP contribution in [0.2, 0.25) is 0 Å². The van der Waals surface area contributed by atoms with Gasteiger partial charge in [-0.25, -0.2) is 4.79 Å². The van der Waals surface area contributed by atoms with E-state index in [1.54, 1.807) is 56.4 Å². The smallest absolute Gasteiger partial charge is 0.435 e. The minimum atomic E-state index is -1.76. The molecule has 3 rings (SSSR count). The molecule has 40 heavy (non-hydrogen) atoms. The molecule has 0 unspecified atom stereocenters. The summed E-state index contributed by atoms with van der Waals surface area (Å²) in [7, 11) is 1.59. The third-order valence-corrected chi connectivity index (χ3v) is 5.90. The topological polar surface area (TPSA) is 132 Å². The van der Waals surface area contributed by atoms with Crippen molar-refractivity contribution in [3.05, 3.63) is 64.7 Å². The molecular weight excluding hydrogens is 583 g/mol. The van der Waals surface area contributed by atoms with Gasteiger partial charge in [0.15, 0.2) is 0 Å².